The van der Waals surface area contributed by atoms with Gasteiger partial charge in [-0.3, -0.25) is 0 Å². The van der Waals surface area contributed by atoms with Crippen molar-refractivity contribution in [1.82, 2.24) is 4.57 Å². The van der Waals surface area contributed by atoms with Crippen LogP contribution in [0.25, 0.3) is 17.0 Å². The van der Waals surface area contributed by atoms with Crippen LogP contribution in [0.5, 0.6) is 0 Å². The predicted molar refractivity (Wildman–Crippen MR) is 81.0 cm³/mol. The molecule has 18 heavy (non-hydrogen) atoms. The molecule has 0 fully saturated rings. The Labute approximate surface area is 110 Å². The van der Waals surface area contributed by atoms with E-state index >= 15 is 0 Å². The van der Waals surface area contributed by atoms with Gasteiger partial charge in [-0.25, -0.2) is 0 Å². The minimum atomic E-state index is 0.492. The Morgan fingerprint density at radius 1 is 1.17 bits per heavy atom. The molecule has 0 bridgehead atoms. The molecule has 0 unspecified atom stereocenters. The van der Waals surface area contributed by atoms with Gasteiger partial charge in [0.25, 0.3) is 0 Å². The molecular weight excluding hydrogens is 218 g/mol. The lowest BCUT2D eigenvalue weighted by molar-refractivity contribution is 0.616. The second-order valence-corrected chi connectivity index (χ2v) is 5.01. The maximum Gasteiger partial charge on any atom is 0.0490 e. The minimum Gasteiger partial charge on any atom is -0.338 e. The second kappa shape index (κ2) is 5.43. The lowest BCUT2D eigenvalue weighted by Crippen LogP contribution is -2.03. The van der Waals surface area contributed by atoms with Crippen LogP contribution in [-0.4, -0.2) is 4.57 Å². The summed E-state index contributed by atoms with van der Waals surface area (Å²) in [6.07, 6.45) is 6.72. The van der Waals surface area contributed by atoms with Crippen molar-refractivity contribution in [1.29, 1.82) is 0 Å². The Morgan fingerprint density at radius 3 is 2.50 bits per heavy atom. The summed E-state index contributed by atoms with van der Waals surface area (Å²) in [6.45, 7) is 8.95. The Hall–Kier alpha value is -1.50. The van der Waals surface area contributed by atoms with Crippen molar-refractivity contribution in [2.24, 2.45) is 0 Å². The van der Waals surface area contributed by atoms with Crippen LogP contribution in [0.15, 0.2) is 30.3 Å². The van der Waals surface area contributed by atoms with Gasteiger partial charge in [0.2, 0.25) is 0 Å². The molecule has 0 radical (unpaired) electrons. The van der Waals surface area contributed by atoms with E-state index < -0.39 is 0 Å². The molecule has 0 spiro atoms. The topological polar surface area (TPSA) is 4.93 Å². The average molecular weight is 241 g/mol. The number of benzene rings is 1. The predicted octanol–water partition coefficient (Wildman–Crippen LogP) is 5.21. The maximum atomic E-state index is 2.46. The highest BCUT2D eigenvalue weighted by molar-refractivity contribution is 5.88. The quantitative estimate of drug-likeness (QED) is 0.692. The minimum absolute atomic E-state index is 0.492. The molecule has 1 nitrogen and oxygen atoms in total. The average Bonchev–Trinajstić information content (AvgIpc) is 2.69. The lowest BCUT2D eigenvalue weighted by atomic mass is 10.1. The largest absolute Gasteiger partial charge is 0.338 e. The zero-order valence-electron chi connectivity index (χ0n) is 11.9. The van der Waals surface area contributed by atoms with Crippen molar-refractivity contribution in [3.63, 3.8) is 0 Å². The van der Waals surface area contributed by atoms with Crippen LogP contribution in [0.4, 0.5) is 0 Å². The summed E-state index contributed by atoms with van der Waals surface area (Å²) in [5.74, 6) is 0. The highest BCUT2D eigenvalue weighted by Gasteiger charge is 2.15. The summed E-state index contributed by atoms with van der Waals surface area (Å²) < 4.78 is 2.46. The van der Waals surface area contributed by atoms with E-state index in [4.69, 9.17) is 0 Å². The molecule has 2 rings (SSSR count). The molecule has 0 N–H and O–H groups in total. The smallest absolute Gasteiger partial charge is 0.0490 e. The van der Waals surface area contributed by atoms with E-state index in [1.54, 1.807) is 0 Å². The molecule has 0 amide bonds. The van der Waals surface area contributed by atoms with Gasteiger partial charge in [0, 0.05) is 22.6 Å². The van der Waals surface area contributed by atoms with E-state index in [1.165, 1.54) is 22.2 Å². The zero-order chi connectivity index (χ0) is 13.1. The van der Waals surface area contributed by atoms with E-state index in [0.29, 0.717) is 6.04 Å². The van der Waals surface area contributed by atoms with Crippen LogP contribution in [0.1, 0.15) is 51.4 Å². The van der Waals surface area contributed by atoms with E-state index in [2.05, 4.69) is 68.7 Å². The SMILES string of the molecule is CC/C=C\c1c(CC)c2ccccc2n1C(C)C. The van der Waals surface area contributed by atoms with Crippen molar-refractivity contribution >= 4 is 17.0 Å². The third kappa shape index (κ3) is 2.10. The molecule has 0 saturated heterocycles. The molecule has 0 aliphatic carbocycles. The van der Waals surface area contributed by atoms with Crippen molar-refractivity contribution in [3.8, 4) is 0 Å². The van der Waals surface area contributed by atoms with Gasteiger partial charge >= 0.3 is 0 Å². The number of aromatic nitrogens is 1. The first-order valence-corrected chi connectivity index (χ1v) is 6.99. The maximum absolute atomic E-state index is 2.46. The van der Waals surface area contributed by atoms with Crippen molar-refractivity contribution in [2.75, 3.05) is 0 Å². The molecule has 1 aromatic heterocycles. The summed E-state index contributed by atoms with van der Waals surface area (Å²) in [5, 5.41) is 1.41. The fraction of sp³-hybridized carbons (Fsp3) is 0.412. The fourth-order valence-corrected chi connectivity index (χ4v) is 2.69. The number of para-hydroxylation sites is 1. The number of aryl methyl sites for hydroxylation is 1. The number of hydrogen-bond acceptors (Lipinski definition) is 0. The Morgan fingerprint density at radius 2 is 1.89 bits per heavy atom. The molecule has 0 atom stereocenters. The summed E-state index contributed by atoms with van der Waals surface area (Å²) in [5.41, 5.74) is 4.22. The van der Waals surface area contributed by atoms with Gasteiger partial charge in [-0.2, -0.15) is 0 Å². The lowest BCUT2D eigenvalue weighted by Gasteiger charge is -2.13. The van der Waals surface area contributed by atoms with E-state index in [0.717, 1.165) is 12.8 Å². The van der Waals surface area contributed by atoms with Crippen molar-refractivity contribution in [2.45, 2.75) is 46.6 Å². The third-order valence-corrected chi connectivity index (χ3v) is 3.44. The number of rotatable bonds is 4. The van der Waals surface area contributed by atoms with Crippen LogP contribution in [-0.2, 0) is 6.42 Å². The van der Waals surface area contributed by atoms with Crippen LogP contribution < -0.4 is 0 Å². The van der Waals surface area contributed by atoms with Crippen LogP contribution in [0.2, 0.25) is 0 Å². The summed E-state index contributed by atoms with van der Waals surface area (Å²) >= 11 is 0. The van der Waals surface area contributed by atoms with Crippen molar-refractivity contribution in [3.05, 3.63) is 41.6 Å². The molecular formula is C17H23N. The normalized spacial score (nSPS) is 12.1. The van der Waals surface area contributed by atoms with Gasteiger partial charge in [0.05, 0.1) is 0 Å². The molecule has 2 aromatic rings. The Kier molecular flexibility index (Phi) is 3.90. The molecule has 1 heteroatoms. The summed E-state index contributed by atoms with van der Waals surface area (Å²) in [4.78, 5) is 0. The number of hydrogen-bond donors (Lipinski definition) is 0. The Balaban J connectivity index is 2.78. The zero-order valence-corrected chi connectivity index (χ0v) is 11.9. The standard InChI is InChI=1S/C17H23N/c1-5-7-11-16-14(6-2)15-10-8-9-12-17(15)18(16)13(3)4/h7-13H,5-6H2,1-4H3/b11-7-. The van der Waals surface area contributed by atoms with Gasteiger partial charge in [0.1, 0.15) is 0 Å². The summed E-state index contributed by atoms with van der Waals surface area (Å²) in [7, 11) is 0. The number of fused-ring (bicyclic) bond motifs is 1. The first-order valence-electron chi connectivity index (χ1n) is 6.99. The van der Waals surface area contributed by atoms with Gasteiger partial charge in [-0.1, -0.05) is 38.1 Å². The van der Waals surface area contributed by atoms with Gasteiger partial charge < -0.3 is 4.57 Å². The van der Waals surface area contributed by atoms with Crippen molar-refractivity contribution < 1.29 is 0 Å². The van der Waals surface area contributed by atoms with E-state index in [1.807, 2.05) is 0 Å². The van der Waals surface area contributed by atoms with Gasteiger partial charge in [-0.15, -0.1) is 0 Å². The second-order valence-electron chi connectivity index (χ2n) is 5.01. The molecule has 1 aromatic carbocycles. The first-order chi connectivity index (χ1) is 8.70. The molecule has 0 saturated carbocycles. The third-order valence-electron chi connectivity index (χ3n) is 3.44. The monoisotopic (exact) mass is 241 g/mol. The van der Waals surface area contributed by atoms with Crippen LogP contribution in [0.3, 0.4) is 0 Å². The van der Waals surface area contributed by atoms with Crippen LogP contribution in [0, 0.1) is 0 Å². The van der Waals surface area contributed by atoms with E-state index in [9.17, 15) is 0 Å². The summed E-state index contributed by atoms with van der Waals surface area (Å²) in [6, 6.07) is 9.24. The fourth-order valence-electron chi connectivity index (χ4n) is 2.69. The molecule has 0 aliphatic rings. The number of allylic oxidation sites excluding steroid dienone is 1. The number of nitrogens with zero attached hydrogens (tertiary/aromatic N) is 1. The van der Waals surface area contributed by atoms with Gasteiger partial charge in [0.15, 0.2) is 0 Å². The molecule has 0 aliphatic heterocycles. The molecule has 1 heterocycles. The highest BCUT2D eigenvalue weighted by atomic mass is 15.0. The Bertz CT molecular complexity index is 558. The van der Waals surface area contributed by atoms with E-state index in [-0.39, 0.29) is 0 Å². The molecule has 96 valence electrons. The highest BCUT2D eigenvalue weighted by Crippen LogP contribution is 2.30. The first kappa shape index (κ1) is 12.9. The van der Waals surface area contributed by atoms with Crippen LogP contribution >= 0.6 is 0 Å². The van der Waals surface area contributed by atoms with Gasteiger partial charge in [-0.05, 0) is 44.4 Å².